The molecule has 0 aliphatic carbocycles. The summed E-state index contributed by atoms with van der Waals surface area (Å²) in [5.74, 6) is 3.10. The molecule has 0 atom stereocenters. The zero-order valence-corrected chi connectivity index (χ0v) is 46.4. The Balaban J connectivity index is 0.957. The van der Waals surface area contributed by atoms with Gasteiger partial charge in [0.15, 0.2) is 34.9 Å². The van der Waals surface area contributed by atoms with Gasteiger partial charge in [-0.1, -0.05) is 176 Å². The number of para-hydroxylation sites is 2. The van der Waals surface area contributed by atoms with E-state index < -0.39 is 11.7 Å². The molecule has 0 saturated carbocycles. The van der Waals surface area contributed by atoms with E-state index in [9.17, 15) is 23.7 Å². The van der Waals surface area contributed by atoms with E-state index in [1.54, 1.807) is 6.07 Å². The first-order chi connectivity index (χ1) is 43.1. The molecular formula is C75H43F3N10. The summed E-state index contributed by atoms with van der Waals surface area (Å²) in [6.07, 6.45) is -4.67. The van der Waals surface area contributed by atoms with Gasteiger partial charge in [0.1, 0.15) is 0 Å². The first-order valence-electron chi connectivity index (χ1n) is 28.3. The van der Waals surface area contributed by atoms with E-state index in [0.29, 0.717) is 68.5 Å². The summed E-state index contributed by atoms with van der Waals surface area (Å²) in [5.41, 5.74) is 11.2. The van der Waals surface area contributed by atoms with Gasteiger partial charge in [0.2, 0.25) is 0 Å². The number of aromatic nitrogens is 8. The lowest BCUT2D eigenvalue weighted by atomic mass is 9.92. The van der Waals surface area contributed by atoms with Gasteiger partial charge >= 0.3 is 6.18 Å². The van der Waals surface area contributed by atoms with Crippen LogP contribution in [0.5, 0.6) is 0 Å². The largest absolute Gasteiger partial charge is 0.416 e. The molecule has 13 heteroatoms. The van der Waals surface area contributed by atoms with Crippen LogP contribution < -0.4 is 0 Å². The molecule has 4 aromatic heterocycles. The van der Waals surface area contributed by atoms with Crippen molar-refractivity contribution in [3.8, 4) is 114 Å². The lowest BCUT2D eigenvalue weighted by Crippen LogP contribution is -2.05. The molecule has 0 fully saturated rings. The smallest absolute Gasteiger partial charge is 0.309 e. The van der Waals surface area contributed by atoms with Crippen LogP contribution in [0.25, 0.3) is 146 Å². The van der Waals surface area contributed by atoms with Crippen molar-refractivity contribution in [2.45, 2.75) is 6.18 Å². The fourth-order valence-corrected chi connectivity index (χ4v) is 11.8. The molecule has 0 spiro atoms. The third kappa shape index (κ3) is 9.33. The van der Waals surface area contributed by atoms with Crippen LogP contribution in [0.3, 0.4) is 0 Å². The highest BCUT2D eigenvalue weighted by atomic mass is 19.4. The number of nitrogens with zero attached hydrogens (tertiary/aromatic N) is 10. The molecule has 0 saturated heterocycles. The topological polar surface area (TPSA) is 135 Å². The van der Waals surface area contributed by atoms with Gasteiger partial charge < -0.3 is 9.13 Å². The van der Waals surface area contributed by atoms with Crippen LogP contribution in [-0.4, -0.2) is 39.0 Å². The number of halogens is 3. The summed E-state index contributed by atoms with van der Waals surface area (Å²) < 4.78 is 47.1. The Morgan fingerprint density at radius 2 is 0.693 bits per heavy atom. The lowest BCUT2D eigenvalue weighted by Gasteiger charge is -2.20. The number of rotatable bonds is 10. The zero-order chi connectivity index (χ0) is 59.5. The Kier molecular flexibility index (Phi) is 12.8. The number of alkyl halides is 3. The Morgan fingerprint density at radius 1 is 0.295 bits per heavy atom. The van der Waals surface area contributed by atoms with Gasteiger partial charge in [-0.15, -0.1) is 0 Å². The molecule has 0 N–H and O–H groups in total. The van der Waals surface area contributed by atoms with E-state index in [1.807, 2.05) is 200 Å². The monoisotopic (exact) mass is 1140 g/mol. The first-order valence-corrected chi connectivity index (χ1v) is 28.3. The van der Waals surface area contributed by atoms with Gasteiger partial charge in [0.25, 0.3) is 0 Å². The number of fused-ring (bicyclic) bond motifs is 6. The van der Waals surface area contributed by atoms with Gasteiger partial charge in [-0.05, 0) is 96.1 Å². The molecule has 0 aliphatic heterocycles. The van der Waals surface area contributed by atoms with Crippen LogP contribution in [0, 0.1) is 22.7 Å². The molecule has 0 radical (unpaired) electrons. The minimum Gasteiger partial charge on any atom is -0.309 e. The molecule has 10 nitrogen and oxygen atoms in total. The minimum absolute atomic E-state index is 0.134. The van der Waals surface area contributed by atoms with Crippen LogP contribution in [0.4, 0.5) is 13.2 Å². The van der Waals surface area contributed by atoms with Crippen molar-refractivity contribution >= 4 is 43.6 Å². The van der Waals surface area contributed by atoms with Crippen molar-refractivity contribution in [1.29, 1.82) is 10.5 Å². The fourth-order valence-electron chi connectivity index (χ4n) is 11.8. The summed E-state index contributed by atoms with van der Waals surface area (Å²) in [6.45, 7) is 0. The lowest BCUT2D eigenvalue weighted by molar-refractivity contribution is -0.137. The quantitative estimate of drug-likeness (QED) is 0.132. The molecule has 414 valence electrons. The van der Waals surface area contributed by atoms with Crippen LogP contribution in [0.15, 0.2) is 261 Å². The van der Waals surface area contributed by atoms with Crippen molar-refractivity contribution in [2.24, 2.45) is 0 Å². The van der Waals surface area contributed by atoms with E-state index in [1.165, 1.54) is 6.07 Å². The van der Waals surface area contributed by atoms with E-state index in [0.717, 1.165) is 94.8 Å². The Bertz CT molecular complexity index is 5220. The maximum Gasteiger partial charge on any atom is 0.416 e. The predicted octanol–water partition coefficient (Wildman–Crippen LogP) is 18.3. The summed E-state index contributed by atoms with van der Waals surface area (Å²) in [6, 6.07) is 86.8. The fraction of sp³-hybridized carbons (Fsp3) is 0.0133. The number of hydrogen-bond donors (Lipinski definition) is 0. The summed E-state index contributed by atoms with van der Waals surface area (Å²) in [5, 5.41) is 24.9. The predicted molar refractivity (Wildman–Crippen MR) is 340 cm³/mol. The van der Waals surface area contributed by atoms with Gasteiger partial charge in [0, 0.05) is 66.1 Å². The molecule has 0 bridgehead atoms. The van der Waals surface area contributed by atoms with Crippen molar-refractivity contribution < 1.29 is 13.2 Å². The molecule has 4 heterocycles. The van der Waals surface area contributed by atoms with E-state index in [-0.39, 0.29) is 5.56 Å². The Hall–Kier alpha value is -12.2. The molecule has 0 unspecified atom stereocenters. The van der Waals surface area contributed by atoms with Crippen molar-refractivity contribution in [3.63, 3.8) is 0 Å². The van der Waals surface area contributed by atoms with Crippen molar-refractivity contribution in [3.05, 3.63) is 278 Å². The maximum absolute atomic E-state index is 14.3. The van der Waals surface area contributed by atoms with E-state index in [4.69, 9.17) is 29.9 Å². The second kappa shape index (κ2) is 21.5. The van der Waals surface area contributed by atoms with Gasteiger partial charge in [0.05, 0.1) is 62.3 Å². The Morgan fingerprint density at radius 3 is 1.14 bits per heavy atom. The average molecular weight is 1140 g/mol. The second-order valence-corrected chi connectivity index (χ2v) is 21.2. The van der Waals surface area contributed by atoms with Gasteiger partial charge in [-0.25, -0.2) is 29.9 Å². The maximum atomic E-state index is 14.3. The highest BCUT2D eigenvalue weighted by Crippen LogP contribution is 2.45. The standard InChI is InChI=1S/C75H43F3N10/c76-75(77,78)55-33-35-56(54(40-55)45-80)51-30-36-65(87-63-27-15-13-25-57(63)61-42-52(31-37-66(61)87)73-83-69(47-17-5-1-6-18-47)81-70(84-73)48-19-7-2-8-20-48)60(41-51)59-34-29-46(44-79)39-68(59)88-64-28-16-14-26-58(64)62-43-53(32-38-67(62)88)74-85-71(49-21-9-3-10-22-49)82-72(86-74)50-23-11-4-12-24-50/h1-43H. The molecule has 88 heavy (non-hydrogen) atoms. The highest BCUT2D eigenvalue weighted by molar-refractivity contribution is 6.13. The second-order valence-electron chi connectivity index (χ2n) is 21.2. The minimum atomic E-state index is -4.67. The molecule has 11 aromatic carbocycles. The van der Waals surface area contributed by atoms with E-state index in [2.05, 4.69) is 57.7 Å². The van der Waals surface area contributed by atoms with Crippen LogP contribution >= 0.6 is 0 Å². The van der Waals surface area contributed by atoms with Crippen LogP contribution in [0.2, 0.25) is 0 Å². The van der Waals surface area contributed by atoms with Crippen LogP contribution in [-0.2, 0) is 6.18 Å². The molecule has 15 aromatic rings. The van der Waals surface area contributed by atoms with Crippen molar-refractivity contribution in [2.75, 3.05) is 0 Å². The molecule has 15 rings (SSSR count). The van der Waals surface area contributed by atoms with Crippen molar-refractivity contribution in [1.82, 2.24) is 39.0 Å². The normalized spacial score (nSPS) is 11.6. The molecule has 0 aliphatic rings. The average Bonchev–Trinajstić information content (AvgIpc) is 2.27. The third-order valence-electron chi connectivity index (χ3n) is 15.9. The zero-order valence-electron chi connectivity index (χ0n) is 46.4. The number of benzene rings is 11. The molecular weight excluding hydrogens is 1100 g/mol. The SMILES string of the molecule is N#Cc1ccc(-c2cc(-c3ccc(C(F)(F)F)cc3C#N)ccc2-n2c3ccccc3c3cc(-c4nc(-c5ccccc5)nc(-c5ccccc5)n4)ccc32)c(-n2c3ccccc3c3cc(-c4nc(-c5ccccc5)nc(-c5ccccc5)n4)ccc32)c1. The van der Waals surface area contributed by atoms with Gasteiger partial charge in [-0.2, -0.15) is 23.7 Å². The Labute approximate surface area is 501 Å². The van der Waals surface area contributed by atoms with Crippen LogP contribution in [0.1, 0.15) is 16.7 Å². The highest BCUT2D eigenvalue weighted by Gasteiger charge is 2.32. The number of nitriles is 2. The first kappa shape index (κ1) is 52.6. The van der Waals surface area contributed by atoms with Gasteiger partial charge in [-0.3, -0.25) is 0 Å². The number of hydrogen-bond acceptors (Lipinski definition) is 8. The molecule has 0 amide bonds. The summed E-state index contributed by atoms with van der Waals surface area (Å²) in [4.78, 5) is 30.1. The summed E-state index contributed by atoms with van der Waals surface area (Å²) in [7, 11) is 0. The third-order valence-corrected chi connectivity index (χ3v) is 15.9. The summed E-state index contributed by atoms with van der Waals surface area (Å²) >= 11 is 0. The van der Waals surface area contributed by atoms with E-state index >= 15 is 0 Å².